The molecule has 0 saturated heterocycles. The van der Waals surface area contributed by atoms with E-state index in [1.807, 2.05) is 42.5 Å². The summed E-state index contributed by atoms with van der Waals surface area (Å²) in [6.45, 7) is 0.568. The highest BCUT2D eigenvalue weighted by molar-refractivity contribution is 9.11. The van der Waals surface area contributed by atoms with E-state index < -0.39 is 0 Å². The summed E-state index contributed by atoms with van der Waals surface area (Å²) in [5.41, 5.74) is 5.80. The molecule has 0 aromatic heterocycles. The molecule has 0 bridgehead atoms. The number of phenolic OH excluding ortho intramolecular Hbond substituents is 1. The van der Waals surface area contributed by atoms with Gasteiger partial charge in [-0.15, -0.1) is 0 Å². The Bertz CT molecular complexity index is 961. The molecule has 2 nitrogen and oxygen atoms in total. The quantitative estimate of drug-likeness (QED) is 0.569. The zero-order valence-electron chi connectivity index (χ0n) is 14.3. The maximum absolute atomic E-state index is 9.84. The molecule has 3 heteroatoms. The van der Waals surface area contributed by atoms with Crippen LogP contribution in [0.5, 0.6) is 11.5 Å². The Morgan fingerprint density at radius 1 is 0.885 bits per heavy atom. The average molecular weight is 407 g/mol. The van der Waals surface area contributed by atoms with Crippen LogP contribution in [0.15, 0.2) is 77.3 Å². The van der Waals surface area contributed by atoms with Crippen LogP contribution in [0.25, 0.3) is 5.57 Å². The minimum absolute atomic E-state index is 0.283. The van der Waals surface area contributed by atoms with E-state index in [2.05, 4.69) is 40.2 Å². The molecule has 26 heavy (non-hydrogen) atoms. The van der Waals surface area contributed by atoms with E-state index in [0.717, 1.165) is 35.3 Å². The SMILES string of the molecule is Oc1cccc(C2=C(Br)CCc3cc(OCc4ccccc4)ccc32)c1. The summed E-state index contributed by atoms with van der Waals surface area (Å²) in [6, 6.07) is 23.9. The smallest absolute Gasteiger partial charge is 0.120 e. The first kappa shape index (κ1) is 16.9. The Morgan fingerprint density at radius 3 is 2.54 bits per heavy atom. The van der Waals surface area contributed by atoms with Crippen molar-refractivity contribution in [2.45, 2.75) is 19.4 Å². The number of aryl methyl sites for hydroxylation is 1. The highest BCUT2D eigenvalue weighted by Crippen LogP contribution is 2.40. The maximum atomic E-state index is 9.84. The molecule has 0 saturated carbocycles. The van der Waals surface area contributed by atoms with Gasteiger partial charge in [-0.25, -0.2) is 0 Å². The van der Waals surface area contributed by atoms with Crippen molar-refractivity contribution in [2.24, 2.45) is 0 Å². The predicted octanol–water partition coefficient (Wildman–Crippen LogP) is 6.07. The van der Waals surface area contributed by atoms with Gasteiger partial charge in [0.2, 0.25) is 0 Å². The Labute approximate surface area is 161 Å². The molecular weight excluding hydrogens is 388 g/mol. The van der Waals surface area contributed by atoms with Gasteiger partial charge >= 0.3 is 0 Å². The zero-order chi connectivity index (χ0) is 17.9. The minimum Gasteiger partial charge on any atom is -0.508 e. The van der Waals surface area contributed by atoms with Crippen LogP contribution < -0.4 is 4.74 Å². The van der Waals surface area contributed by atoms with E-state index >= 15 is 0 Å². The summed E-state index contributed by atoms with van der Waals surface area (Å²) in [6.07, 6.45) is 1.92. The van der Waals surface area contributed by atoms with E-state index in [-0.39, 0.29) is 5.75 Å². The number of fused-ring (bicyclic) bond motifs is 1. The Hall–Kier alpha value is -2.52. The van der Waals surface area contributed by atoms with Crippen molar-refractivity contribution in [3.8, 4) is 11.5 Å². The van der Waals surface area contributed by atoms with Crippen LogP contribution in [0.2, 0.25) is 0 Å². The van der Waals surface area contributed by atoms with Crippen molar-refractivity contribution < 1.29 is 9.84 Å². The Balaban J connectivity index is 1.62. The Kier molecular flexibility index (Phi) is 4.81. The van der Waals surface area contributed by atoms with Crippen LogP contribution in [-0.2, 0) is 13.0 Å². The molecule has 3 aromatic carbocycles. The molecule has 0 atom stereocenters. The summed E-state index contributed by atoms with van der Waals surface area (Å²) in [4.78, 5) is 0. The fraction of sp³-hybridized carbons (Fsp3) is 0.130. The fourth-order valence-electron chi connectivity index (χ4n) is 3.34. The number of benzene rings is 3. The van der Waals surface area contributed by atoms with Crippen molar-refractivity contribution in [3.05, 3.63) is 99.5 Å². The second-order valence-electron chi connectivity index (χ2n) is 6.42. The topological polar surface area (TPSA) is 29.5 Å². The molecule has 0 radical (unpaired) electrons. The molecule has 130 valence electrons. The fourth-order valence-corrected chi connectivity index (χ4v) is 3.98. The van der Waals surface area contributed by atoms with Gasteiger partial charge in [0.25, 0.3) is 0 Å². The number of halogens is 1. The first-order chi connectivity index (χ1) is 12.7. The highest BCUT2D eigenvalue weighted by atomic mass is 79.9. The number of aromatic hydroxyl groups is 1. The molecular formula is C23H19BrO2. The number of allylic oxidation sites excluding steroid dienone is 1. The van der Waals surface area contributed by atoms with Gasteiger partial charge in [-0.2, -0.15) is 0 Å². The first-order valence-electron chi connectivity index (χ1n) is 8.69. The number of phenols is 1. The lowest BCUT2D eigenvalue weighted by atomic mass is 9.87. The molecule has 1 aliphatic rings. The van der Waals surface area contributed by atoms with Crippen molar-refractivity contribution >= 4 is 21.5 Å². The summed E-state index contributed by atoms with van der Waals surface area (Å²) in [5.74, 6) is 1.17. The third kappa shape index (κ3) is 3.54. The highest BCUT2D eigenvalue weighted by Gasteiger charge is 2.20. The molecule has 4 rings (SSSR count). The van der Waals surface area contributed by atoms with E-state index in [0.29, 0.717) is 6.61 Å². The predicted molar refractivity (Wildman–Crippen MR) is 109 cm³/mol. The first-order valence-corrected chi connectivity index (χ1v) is 9.48. The van der Waals surface area contributed by atoms with E-state index in [1.54, 1.807) is 6.07 Å². The largest absolute Gasteiger partial charge is 0.508 e. The monoisotopic (exact) mass is 406 g/mol. The van der Waals surface area contributed by atoms with E-state index in [4.69, 9.17) is 4.74 Å². The summed E-state index contributed by atoms with van der Waals surface area (Å²) in [5, 5.41) is 9.84. The third-order valence-electron chi connectivity index (χ3n) is 4.61. The second-order valence-corrected chi connectivity index (χ2v) is 7.38. The van der Waals surface area contributed by atoms with Crippen molar-refractivity contribution in [1.82, 2.24) is 0 Å². The third-order valence-corrected chi connectivity index (χ3v) is 5.41. The van der Waals surface area contributed by atoms with Gasteiger partial charge in [0.05, 0.1) is 0 Å². The number of rotatable bonds is 4. The van der Waals surface area contributed by atoms with Crippen LogP contribution in [-0.4, -0.2) is 5.11 Å². The summed E-state index contributed by atoms with van der Waals surface area (Å²) >= 11 is 3.73. The van der Waals surface area contributed by atoms with E-state index in [1.165, 1.54) is 15.6 Å². The van der Waals surface area contributed by atoms with Crippen LogP contribution in [0.1, 0.15) is 28.7 Å². The van der Waals surface area contributed by atoms with Crippen molar-refractivity contribution in [2.75, 3.05) is 0 Å². The van der Waals surface area contributed by atoms with Crippen LogP contribution in [0, 0.1) is 0 Å². The van der Waals surface area contributed by atoms with Gasteiger partial charge in [0, 0.05) is 4.48 Å². The lowest BCUT2D eigenvalue weighted by Crippen LogP contribution is -2.05. The van der Waals surface area contributed by atoms with Gasteiger partial charge in [-0.1, -0.05) is 64.5 Å². The molecule has 3 aromatic rings. The standard InChI is InChI=1S/C23H19BrO2/c24-22-12-9-17-14-20(26-15-16-5-2-1-3-6-16)10-11-21(17)23(22)18-7-4-8-19(25)13-18/h1-8,10-11,13-14,25H,9,12,15H2. The molecule has 1 N–H and O–H groups in total. The van der Waals surface area contributed by atoms with Crippen molar-refractivity contribution in [1.29, 1.82) is 0 Å². The molecule has 0 fully saturated rings. The number of ether oxygens (including phenoxy) is 1. The van der Waals surface area contributed by atoms with E-state index in [9.17, 15) is 5.11 Å². The van der Waals surface area contributed by atoms with Crippen LogP contribution >= 0.6 is 15.9 Å². The molecule has 0 heterocycles. The number of hydrogen-bond acceptors (Lipinski definition) is 2. The lowest BCUT2D eigenvalue weighted by Gasteiger charge is -2.22. The maximum Gasteiger partial charge on any atom is 0.120 e. The molecule has 0 aliphatic heterocycles. The zero-order valence-corrected chi connectivity index (χ0v) is 15.9. The van der Waals surface area contributed by atoms with Gasteiger partial charge in [0.15, 0.2) is 0 Å². The lowest BCUT2D eigenvalue weighted by molar-refractivity contribution is 0.306. The molecule has 0 unspecified atom stereocenters. The summed E-state index contributed by atoms with van der Waals surface area (Å²) in [7, 11) is 0. The van der Waals surface area contributed by atoms with Gasteiger partial charge < -0.3 is 9.84 Å². The van der Waals surface area contributed by atoms with Gasteiger partial charge in [0.1, 0.15) is 18.1 Å². The second kappa shape index (κ2) is 7.38. The Morgan fingerprint density at radius 2 is 1.73 bits per heavy atom. The van der Waals surface area contributed by atoms with Crippen molar-refractivity contribution in [3.63, 3.8) is 0 Å². The number of hydrogen-bond donors (Lipinski definition) is 1. The average Bonchev–Trinajstić information content (AvgIpc) is 2.67. The van der Waals surface area contributed by atoms with Crippen LogP contribution in [0.4, 0.5) is 0 Å². The molecule has 1 aliphatic carbocycles. The summed E-state index contributed by atoms with van der Waals surface area (Å²) < 4.78 is 7.15. The normalized spacial score (nSPS) is 13.4. The van der Waals surface area contributed by atoms with Gasteiger partial charge in [-0.3, -0.25) is 0 Å². The molecule has 0 amide bonds. The molecule has 0 spiro atoms. The van der Waals surface area contributed by atoms with Gasteiger partial charge in [-0.05, 0) is 64.9 Å². The van der Waals surface area contributed by atoms with Crippen LogP contribution in [0.3, 0.4) is 0 Å². The minimum atomic E-state index is 0.283.